The van der Waals surface area contributed by atoms with Gasteiger partial charge in [-0.25, -0.2) is 0 Å². The van der Waals surface area contributed by atoms with Crippen LogP contribution in [0.3, 0.4) is 0 Å². The van der Waals surface area contributed by atoms with Gasteiger partial charge in [0.2, 0.25) is 5.91 Å². The summed E-state index contributed by atoms with van der Waals surface area (Å²) in [4.78, 5) is 27.2. The van der Waals surface area contributed by atoms with E-state index in [0.29, 0.717) is 18.1 Å². The topological polar surface area (TPSA) is 49.4 Å². The quantitative estimate of drug-likeness (QED) is 0.765. The second kappa shape index (κ2) is 8.93. The normalized spacial score (nSPS) is 19.4. The van der Waals surface area contributed by atoms with Crippen LogP contribution >= 0.6 is 11.6 Å². The van der Waals surface area contributed by atoms with Crippen LogP contribution in [0.15, 0.2) is 54.6 Å². The van der Waals surface area contributed by atoms with E-state index in [0.717, 1.165) is 43.4 Å². The Hall–Kier alpha value is -2.77. The van der Waals surface area contributed by atoms with Gasteiger partial charge in [-0.15, -0.1) is 0 Å². The van der Waals surface area contributed by atoms with Gasteiger partial charge in [0, 0.05) is 36.1 Å². The van der Waals surface area contributed by atoms with Gasteiger partial charge < -0.3 is 10.2 Å². The van der Waals surface area contributed by atoms with E-state index in [1.54, 1.807) is 0 Å². The molecule has 2 fully saturated rings. The average molecular weight is 421 g/mol. The molecule has 0 radical (unpaired) electrons. The van der Waals surface area contributed by atoms with Crippen molar-refractivity contribution in [3.8, 4) is 11.8 Å². The number of halogens is 1. The van der Waals surface area contributed by atoms with Crippen molar-refractivity contribution < 1.29 is 9.59 Å². The molecular formula is C25H25ClN2O2. The van der Waals surface area contributed by atoms with Crippen LogP contribution in [-0.2, 0) is 15.0 Å². The second-order valence-electron chi connectivity index (χ2n) is 8.17. The lowest BCUT2D eigenvalue weighted by molar-refractivity contribution is -0.126. The van der Waals surface area contributed by atoms with Crippen LogP contribution in [0, 0.1) is 17.8 Å². The summed E-state index contributed by atoms with van der Waals surface area (Å²) in [6.45, 7) is 1.95. The highest BCUT2D eigenvalue weighted by molar-refractivity contribution is 6.30. The lowest BCUT2D eigenvalue weighted by atomic mass is 9.93. The molecule has 5 heteroatoms. The second-order valence-corrected chi connectivity index (χ2v) is 8.61. The number of carbonyl (C=O) groups is 2. The molecule has 1 aliphatic carbocycles. The van der Waals surface area contributed by atoms with Crippen LogP contribution in [0.2, 0.25) is 5.02 Å². The summed E-state index contributed by atoms with van der Waals surface area (Å²) >= 11 is 5.98. The molecule has 0 spiro atoms. The van der Waals surface area contributed by atoms with E-state index in [4.69, 9.17) is 11.6 Å². The smallest absolute Gasteiger partial charge is 0.298 e. The number of amides is 2. The zero-order valence-corrected chi connectivity index (χ0v) is 17.6. The Labute approximate surface area is 182 Å². The summed E-state index contributed by atoms with van der Waals surface area (Å²) < 4.78 is 0. The predicted octanol–water partition coefficient (Wildman–Crippen LogP) is 3.78. The van der Waals surface area contributed by atoms with Crippen molar-refractivity contribution in [3.63, 3.8) is 0 Å². The molecule has 1 heterocycles. The number of likely N-dealkylation sites (tertiary alicyclic amines) is 1. The molecule has 4 nitrogen and oxygen atoms in total. The third kappa shape index (κ3) is 4.68. The predicted molar refractivity (Wildman–Crippen MR) is 118 cm³/mol. The molecule has 2 amide bonds. The molecule has 1 saturated heterocycles. The number of carbonyl (C=O) groups excluding carboxylic acids is 2. The van der Waals surface area contributed by atoms with Gasteiger partial charge in [0.05, 0.1) is 5.41 Å². The Balaban J connectivity index is 1.31. The molecule has 1 aliphatic heterocycles. The van der Waals surface area contributed by atoms with Gasteiger partial charge in [0.15, 0.2) is 0 Å². The van der Waals surface area contributed by atoms with Crippen molar-refractivity contribution in [2.45, 2.75) is 31.1 Å². The zero-order valence-electron chi connectivity index (χ0n) is 16.9. The summed E-state index contributed by atoms with van der Waals surface area (Å²) in [6.07, 6.45) is 3.67. The Kier molecular flexibility index (Phi) is 6.11. The Bertz CT molecular complexity index is 972. The SMILES string of the molecule is O=C(C#Cc1ccccc1)N1CCC[C@H](CNC(=O)C2(c3ccc(Cl)cc3)CC2)C1. The van der Waals surface area contributed by atoms with Crippen LogP contribution in [0.1, 0.15) is 36.8 Å². The summed E-state index contributed by atoms with van der Waals surface area (Å²) in [6, 6.07) is 17.1. The molecule has 2 aromatic carbocycles. The van der Waals surface area contributed by atoms with E-state index in [1.807, 2.05) is 59.5 Å². The molecular weight excluding hydrogens is 396 g/mol. The van der Waals surface area contributed by atoms with E-state index >= 15 is 0 Å². The fraction of sp³-hybridized carbons (Fsp3) is 0.360. The van der Waals surface area contributed by atoms with E-state index in [-0.39, 0.29) is 17.7 Å². The monoisotopic (exact) mass is 420 g/mol. The zero-order chi connectivity index (χ0) is 21.0. The number of benzene rings is 2. The van der Waals surface area contributed by atoms with Gasteiger partial charge >= 0.3 is 0 Å². The summed E-state index contributed by atoms with van der Waals surface area (Å²) in [5, 5.41) is 3.82. The lowest BCUT2D eigenvalue weighted by Gasteiger charge is -2.32. The minimum absolute atomic E-state index is 0.0807. The largest absolute Gasteiger partial charge is 0.355 e. The first-order valence-electron chi connectivity index (χ1n) is 10.5. The maximum atomic E-state index is 12.9. The van der Waals surface area contributed by atoms with Gasteiger partial charge in [-0.1, -0.05) is 47.9 Å². The molecule has 1 saturated carbocycles. The van der Waals surface area contributed by atoms with Crippen molar-refractivity contribution >= 4 is 23.4 Å². The summed E-state index contributed by atoms with van der Waals surface area (Å²) in [5.41, 5.74) is 1.46. The Morgan fingerprint density at radius 3 is 2.53 bits per heavy atom. The van der Waals surface area contributed by atoms with Crippen molar-refractivity contribution in [2.24, 2.45) is 5.92 Å². The van der Waals surface area contributed by atoms with Crippen molar-refractivity contribution in [1.82, 2.24) is 10.2 Å². The Morgan fingerprint density at radius 1 is 1.10 bits per heavy atom. The van der Waals surface area contributed by atoms with Gasteiger partial charge in [-0.2, -0.15) is 0 Å². The standard InChI is InChI=1S/C25H25ClN2O2/c26-22-11-9-21(10-12-22)25(14-15-25)24(30)27-17-20-7-4-16-28(18-20)23(29)13-8-19-5-2-1-3-6-19/h1-3,5-6,9-12,20H,4,7,14-18H2,(H,27,30)/t20-/m1/s1. The highest BCUT2D eigenvalue weighted by Gasteiger charge is 2.51. The number of hydrogen-bond donors (Lipinski definition) is 1. The van der Waals surface area contributed by atoms with Crippen molar-refractivity contribution in [1.29, 1.82) is 0 Å². The number of nitrogens with zero attached hydrogens (tertiary/aromatic N) is 1. The number of hydrogen-bond acceptors (Lipinski definition) is 2. The van der Waals surface area contributed by atoms with Crippen molar-refractivity contribution in [3.05, 3.63) is 70.7 Å². The van der Waals surface area contributed by atoms with E-state index in [2.05, 4.69) is 17.2 Å². The minimum atomic E-state index is -0.407. The highest BCUT2D eigenvalue weighted by Crippen LogP contribution is 2.48. The van der Waals surface area contributed by atoms with Crippen LogP contribution in [0.25, 0.3) is 0 Å². The van der Waals surface area contributed by atoms with Gasteiger partial charge in [-0.3, -0.25) is 9.59 Å². The maximum absolute atomic E-state index is 12.9. The molecule has 30 heavy (non-hydrogen) atoms. The highest BCUT2D eigenvalue weighted by atomic mass is 35.5. The molecule has 2 aliphatic rings. The fourth-order valence-electron chi connectivity index (χ4n) is 4.09. The molecule has 0 aromatic heterocycles. The molecule has 2 aromatic rings. The first-order valence-corrected chi connectivity index (χ1v) is 10.8. The van der Waals surface area contributed by atoms with Crippen LogP contribution < -0.4 is 5.32 Å². The van der Waals surface area contributed by atoms with Crippen LogP contribution in [0.5, 0.6) is 0 Å². The third-order valence-electron chi connectivity index (χ3n) is 6.03. The number of rotatable bonds is 4. The number of nitrogens with one attached hydrogen (secondary N) is 1. The lowest BCUT2D eigenvalue weighted by Crippen LogP contribution is -2.45. The average Bonchev–Trinajstić information content (AvgIpc) is 3.59. The number of piperidine rings is 1. The van der Waals surface area contributed by atoms with Gasteiger partial charge in [0.25, 0.3) is 5.91 Å². The van der Waals surface area contributed by atoms with Crippen LogP contribution in [0.4, 0.5) is 0 Å². The van der Waals surface area contributed by atoms with Crippen LogP contribution in [-0.4, -0.2) is 36.3 Å². The van der Waals surface area contributed by atoms with E-state index < -0.39 is 5.41 Å². The van der Waals surface area contributed by atoms with E-state index in [1.165, 1.54) is 0 Å². The molecule has 1 atom stereocenters. The minimum Gasteiger partial charge on any atom is -0.355 e. The first kappa shape index (κ1) is 20.5. The molecule has 0 unspecified atom stereocenters. The molecule has 154 valence electrons. The third-order valence-corrected chi connectivity index (χ3v) is 6.28. The fourth-order valence-corrected chi connectivity index (χ4v) is 4.22. The molecule has 1 N–H and O–H groups in total. The molecule has 4 rings (SSSR count). The van der Waals surface area contributed by atoms with Gasteiger partial charge in [0.1, 0.15) is 0 Å². The summed E-state index contributed by atoms with van der Waals surface area (Å²) in [7, 11) is 0. The van der Waals surface area contributed by atoms with Gasteiger partial charge in [-0.05, 0) is 61.4 Å². The molecule has 0 bridgehead atoms. The first-order chi connectivity index (χ1) is 14.6. The summed E-state index contributed by atoms with van der Waals surface area (Å²) in [5.74, 6) is 5.88. The van der Waals surface area contributed by atoms with Crippen molar-refractivity contribution in [2.75, 3.05) is 19.6 Å². The Morgan fingerprint density at radius 2 is 1.83 bits per heavy atom. The van der Waals surface area contributed by atoms with E-state index in [9.17, 15) is 9.59 Å². The maximum Gasteiger partial charge on any atom is 0.298 e.